The molecule has 19 heavy (non-hydrogen) atoms. The zero-order valence-corrected chi connectivity index (χ0v) is 13.7. The van der Waals surface area contributed by atoms with Crippen molar-refractivity contribution in [1.82, 2.24) is 5.32 Å². The molecule has 1 atom stereocenters. The SMILES string of the molecule is CC(C)CC(CBr)NC(=O)c1ccc(N(C)C)cc1. The Labute approximate surface area is 124 Å². The van der Waals surface area contributed by atoms with Gasteiger partial charge in [-0.3, -0.25) is 4.79 Å². The molecule has 106 valence electrons. The van der Waals surface area contributed by atoms with E-state index in [0.29, 0.717) is 11.5 Å². The standard InChI is InChI=1S/C15H23BrN2O/c1-11(2)9-13(10-16)17-15(19)12-5-7-14(8-6-12)18(3)4/h5-8,11,13H,9-10H2,1-4H3,(H,17,19). The Balaban J connectivity index is 2.66. The average Bonchev–Trinajstić information content (AvgIpc) is 2.37. The van der Waals surface area contributed by atoms with Gasteiger partial charge in [0.15, 0.2) is 0 Å². The zero-order valence-electron chi connectivity index (χ0n) is 12.1. The lowest BCUT2D eigenvalue weighted by Gasteiger charge is -2.18. The molecule has 1 amide bonds. The maximum atomic E-state index is 12.1. The molecule has 0 spiro atoms. The minimum Gasteiger partial charge on any atom is -0.378 e. The van der Waals surface area contributed by atoms with Crippen LogP contribution in [0, 0.1) is 5.92 Å². The number of rotatable bonds is 6. The van der Waals surface area contributed by atoms with Gasteiger partial charge in [0.2, 0.25) is 0 Å². The summed E-state index contributed by atoms with van der Waals surface area (Å²) in [4.78, 5) is 14.1. The van der Waals surface area contributed by atoms with E-state index in [0.717, 1.165) is 17.4 Å². The fourth-order valence-corrected chi connectivity index (χ4v) is 2.34. The number of hydrogen-bond donors (Lipinski definition) is 1. The summed E-state index contributed by atoms with van der Waals surface area (Å²) >= 11 is 3.45. The highest BCUT2D eigenvalue weighted by Gasteiger charge is 2.14. The highest BCUT2D eigenvalue weighted by Crippen LogP contribution is 2.13. The molecule has 1 rings (SSSR count). The van der Waals surface area contributed by atoms with Gasteiger partial charge in [0, 0.05) is 36.7 Å². The van der Waals surface area contributed by atoms with Crippen molar-refractivity contribution in [2.75, 3.05) is 24.3 Å². The Morgan fingerprint density at radius 1 is 1.26 bits per heavy atom. The number of carbonyl (C=O) groups excluding carboxylic acids is 1. The Morgan fingerprint density at radius 3 is 2.26 bits per heavy atom. The zero-order chi connectivity index (χ0) is 14.4. The molecule has 1 N–H and O–H groups in total. The second-order valence-electron chi connectivity index (χ2n) is 5.40. The summed E-state index contributed by atoms with van der Waals surface area (Å²) in [7, 11) is 3.97. The molecule has 0 saturated carbocycles. The Morgan fingerprint density at radius 2 is 1.84 bits per heavy atom. The number of amides is 1. The molecule has 0 radical (unpaired) electrons. The van der Waals surface area contributed by atoms with Crippen molar-refractivity contribution < 1.29 is 4.79 Å². The minimum absolute atomic E-state index is 0.00425. The van der Waals surface area contributed by atoms with Crippen molar-refractivity contribution in [1.29, 1.82) is 0 Å². The van der Waals surface area contributed by atoms with Crippen LogP contribution in [0.1, 0.15) is 30.6 Å². The number of halogens is 1. The van der Waals surface area contributed by atoms with Gasteiger partial charge in [0.1, 0.15) is 0 Å². The molecule has 0 saturated heterocycles. The molecule has 1 aromatic rings. The number of nitrogens with one attached hydrogen (secondary N) is 1. The number of alkyl halides is 1. The largest absolute Gasteiger partial charge is 0.378 e. The molecule has 0 aliphatic heterocycles. The fourth-order valence-electron chi connectivity index (χ4n) is 1.91. The van der Waals surface area contributed by atoms with Crippen LogP contribution in [0.15, 0.2) is 24.3 Å². The highest BCUT2D eigenvalue weighted by atomic mass is 79.9. The molecular weight excluding hydrogens is 304 g/mol. The third-order valence-electron chi connectivity index (χ3n) is 2.92. The monoisotopic (exact) mass is 326 g/mol. The van der Waals surface area contributed by atoms with E-state index < -0.39 is 0 Å². The van der Waals surface area contributed by atoms with Gasteiger partial charge in [-0.15, -0.1) is 0 Å². The number of hydrogen-bond acceptors (Lipinski definition) is 2. The molecule has 0 bridgehead atoms. The maximum Gasteiger partial charge on any atom is 0.251 e. The number of benzene rings is 1. The van der Waals surface area contributed by atoms with Gasteiger partial charge in [-0.05, 0) is 36.6 Å². The molecule has 1 unspecified atom stereocenters. The Hall–Kier alpha value is -1.03. The topological polar surface area (TPSA) is 32.3 Å². The van der Waals surface area contributed by atoms with E-state index in [9.17, 15) is 4.79 Å². The van der Waals surface area contributed by atoms with E-state index in [-0.39, 0.29) is 11.9 Å². The van der Waals surface area contributed by atoms with Gasteiger partial charge in [-0.2, -0.15) is 0 Å². The van der Waals surface area contributed by atoms with E-state index in [4.69, 9.17) is 0 Å². The summed E-state index contributed by atoms with van der Waals surface area (Å²) in [6.45, 7) is 4.32. The van der Waals surface area contributed by atoms with Crippen LogP contribution in [0.3, 0.4) is 0 Å². The van der Waals surface area contributed by atoms with Crippen LogP contribution >= 0.6 is 15.9 Å². The van der Waals surface area contributed by atoms with Crippen molar-refractivity contribution in [2.24, 2.45) is 5.92 Å². The van der Waals surface area contributed by atoms with Crippen molar-refractivity contribution in [3.63, 3.8) is 0 Å². The van der Waals surface area contributed by atoms with Crippen molar-refractivity contribution in [3.8, 4) is 0 Å². The number of anilines is 1. The Kier molecular flexibility index (Phi) is 6.35. The summed E-state index contributed by atoms with van der Waals surface area (Å²) in [5, 5.41) is 3.85. The first-order valence-corrected chi connectivity index (χ1v) is 7.70. The average molecular weight is 327 g/mol. The summed E-state index contributed by atoms with van der Waals surface area (Å²) < 4.78 is 0. The molecule has 0 aromatic heterocycles. The minimum atomic E-state index is -0.00425. The van der Waals surface area contributed by atoms with E-state index in [1.165, 1.54) is 0 Å². The fraction of sp³-hybridized carbons (Fsp3) is 0.533. The summed E-state index contributed by atoms with van der Waals surface area (Å²) in [6, 6.07) is 7.83. The second kappa shape index (κ2) is 7.53. The number of nitrogens with zero attached hydrogens (tertiary/aromatic N) is 1. The highest BCUT2D eigenvalue weighted by molar-refractivity contribution is 9.09. The molecule has 0 aliphatic carbocycles. The molecule has 0 heterocycles. The van der Waals surface area contributed by atoms with Gasteiger partial charge >= 0.3 is 0 Å². The lowest BCUT2D eigenvalue weighted by Crippen LogP contribution is -2.37. The van der Waals surface area contributed by atoms with Crippen LogP contribution < -0.4 is 10.2 Å². The van der Waals surface area contributed by atoms with Crippen LogP contribution in [-0.4, -0.2) is 31.4 Å². The van der Waals surface area contributed by atoms with E-state index >= 15 is 0 Å². The molecule has 3 nitrogen and oxygen atoms in total. The first-order valence-electron chi connectivity index (χ1n) is 6.58. The second-order valence-corrected chi connectivity index (χ2v) is 6.04. The predicted molar refractivity (Wildman–Crippen MR) is 85.3 cm³/mol. The van der Waals surface area contributed by atoms with Gasteiger partial charge in [0.05, 0.1) is 0 Å². The van der Waals surface area contributed by atoms with E-state index in [1.54, 1.807) is 0 Å². The predicted octanol–water partition coefficient (Wildman–Crippen LogP) is 3.29. The lowest BCUT2D eigenvalue weighted by molar-refractivity contribution is 0.0937. The summed E-state index contributed by atoms with van der Waals surface area (Å²) in [6.07, 6.45) is 0.979. The summed E-state index contributed by atoms with van der Waals surface area (Å²) in [5.41, 5.74) is 1.80. The van der Waals surface area contributed by atoms with Crippen LogP contribution in [0.2, 0.25) is 0 Å². The third kappa shape index (κ3) is 5.23. The van der Waals surface area contributed by atoms with Crippen LogP contribution in [-0.2, 0) is 0 Å². The molecule has 4 heteroatoms. The first kappa shape index (κ1) is 16.0. The van der Waals surface area contributed by atoms with Gasteiger partial charge in [-0.25, -0.2) is 0 Å². The van der Waals surface area contributed by atoms with Gasteiger partial charge < -0.3 is 10.2 Å². The van der Waals surface area contributed by atoms with E-state index in [2.05, 4.69) is 35.1 Å². The van der Waals surface area contributed by atoms with Gasteiger partial charge in [-0.1, -0.05) is 29.8 Å². The van der Waals surface area contributed by atoms with Crippen LogP contribution in [0.25, 0.3) is 0 Å². The maximum absolute atomic E-state index is 12.1. The Bertz CT molecular complexity index is 401. The van der Waals surface area contributed by atoms with Crippen LogP contribution in [0.5, 0.6) is 0 Å². The van der Waals surface area contributed by atoms with Crippen LogP contribution in [0.4, 0.5) is 5.69 Å². The first-order chi connectivity index (χ1) is 8.93. The summed E-state index contributed by atoms with van der Waals surface area (Å²) in [5.74, 6) is 0.564. The van der Waals surface area contributed by atoms with Gasteiger partial charge in [0.25, 0.3) is 5.91 Å². The molecule has 0 fully saturated rings. The molecule has 1 aromatic carbocycles. The third-order valence-corrected chi connectivity index (χ3v) is 3.70. The molecular formula is C15H23BrN2O. The number of carbonyl (C=O) groups is 1. The van der Waals surface area contributed by atoms with Crippen molar-refractivity contribution in [2.45, 2.75) is 26.3 Å². The quantitative estimate of drug-likeness (QED) is 0.813. The van der Waals surface area contributed by atoms with Crippen molar-refractivity contribution >= 4 is 27.5 Å². The normalized spacial score (nSPS) is 12.3. The van der Waals surface area contributed by atoms with Crippen molar-refractivity contribution in [3.05, 3.63) is 29.8 Å². The molecule has 0 aliphatic rings. The smallest absolute Gasteiger partial charge is 0.251 e. The lowest BCUT2D eigenvalue weighted by atomic mass is 10.0. The van der Waals surface area contributed by atoms with E-state index in [1.807, 2.05) is 43.3 Å².